The predicted octanol–water partition coefficient (Wildman–Crippen LogP) is 4.61. The van der Waals surface area contributed by atoms with Crippen molar-refractivity contribution < 1.29 is 0 Å². The molecule has 2 rings (SSSR count). The Labute approximate surface area is 120 Å². The molecule has 0 aliphatic heterocycles. The predicted molar refractivity (Wildman–Crippen MR) is 82.1 cm³/mol. The topological polar surface area (TPSA) is 38.0 Å². The van der Waals surface area contributed by atoms with Gasteiger partial charge in [-0.3, -0.25) is 0 Å². The Balaban J connectivity index is 2.10. The Morgan fingerprint density at radius 3 is 2.56 bits per heavy atom. The van der Waals surface area contributed by atoms with Crippen LogP contribution in [0.5, 0.6) is 0 Å². The number of anilines is 2. The number of hydrogen-bond acceptors (Lipinski definition) is 2. The molecule has 0 atom stereocenters. The van der Waals surface area contributed by atoms with E-state index in [1.54, 1.807) is 0 Å². The number of halogens is 2. The molecule has 94 valence electrons. The molecular weight excluding hydrogens is 312 g/mol. The van der Waals surface area contributed by atoms with E-state index in [0.29, 0.717) is 10.7 Å². The van der Waals surface area contributed by atoms with E-state index in [1.807, 2.05) is 31.2 Å². The van der Waals surface area contributed by atoms with Crippen LogP contribution in [-0.4, -0.2) is 0 Å². The SMILES string of the molecule is Cc1cc(N)c(Cl)cc1NCc1ccc(Br)cc1. The summed E-state index contributed by atoms with van der Waals surface area (Å²) in [6.07, 6.45) is 0. The molecule has 0 saturated heterocycles. The number of rotatable bonds is 3. The Morgan fingerprint density at radius 1 is 1.22 bits per heavy atom. The van der Waals surface area contributed by atoms with Crippen molar-refractivity contribution in [2.24, 2.45) is 0 Å². The van der Waals surface area contributed by atoms with Crippen molar-refractivity contribution in [2.45, 2.75) is 13.5 Å². The molecular formula is C14H14BrClN2. The highest BCUT2D eigenvalue weighted by Crippen LogP contribution is 2.27. The molecule has 0 heterocycles. The molecule has 4 heteroatoms. The van der Waals surface area contributed by atoms with Gasteiger partial charge in [-0.1, -0.05) is 39.7 Å². The van der Waals surface area contributed by atoms with Gasteiger partial charge in [-0.2, -0.15) is 0 Å². The summed E-state index contributed by atoms with van der Waals surface area (Å²) in [4.78, 5) is 0. The molecule has 2 aromatic rings. The van der Waals surface area contributed by atoms with E-state index < -0.39 is 0 Å². The van der Waals surface area contributed by atoms with Crippen LogP contribution in [0.2, 0.25) is 5.02 Å². The fraction of sp³-hybridized carbons (Fsp3) is 0.143. The first-order valence-corrected chi connectivity index (χ1v) is 6.77. The Kier molecular flexibility index (Phi) is 4.15. The van der Waals surface area contributed by atoms with E-state index in [9.17, 15) is 0 Å². The highest BCUT2D eigenvalue weighted by molar-refractivity contribution is 9.10. The van der Waals surface area contributed by atoms with Crippen molar-refractivity contribution in [2.75, 3.05) is 11.1 Å². The first kappa shape index (κ1) is 13.2. The van der Waals surface area contributed by atoms with Crippen LogP contribution in [0.3, 0.4) is 0 Å². The summed E-state index contributed by atoms with van der Waals surface area (Å²) in [7, 11) is 0. The molecule has 0 aliphatic rings. The highest BCUT2D eigenvalue weighted by Gasteiger charge is 2.03. The molecule has 0 saturated carbocycles. The van der Waals surface area contributed by atoms with Crippen molar-refractivity contribution in [1.29, 1.82) is 0 Å². The second-order valence-electron chi connectivity index (χ2n) is 4.17. The van der Waals surface area contributed by atoms with Crippen molar-refractivity contribution >= 4 is 38.9 Å². The van der Waals surface area contributed by atoms with Gasteiger partial charge in [-0.15, -0.1) is 0 Å². The van der Waals surface area contributed by atoms with Gasteiger partial charge in [0, 0.05) is 16.7 Å². The van der Waals surface area contributed by atoms with Gasteiger partial charge in [0.05, 0.1) is 10.7 Å². The fourth-order valence-electron chi connectivity index (χ4n) is 1.69. The molecule has 3 N–H and O–H groups in total. The van der Waals surface area contributed by atoms with E-state index >= 15 is 0 Å². The van der Waals surface area contributed by atoms with E-state index in [1.165, 1.54) is 5.56 Å². The van der Waals surface area contributed by atoms with Gasteiger partial charge in [-0.05, 0) is 42.3 Å². The van der Waals surface area contributed by atoms with Crippen LogP contribution < -0.4 is 11.1 Å². The summed E-state index contributed by atoms with van der Waals surface area (Å²) in [5.74, 6) is 0. The van der Waals surface area contributed by atoms with E-state index in [4.69, 9.17) is 17.3 Å². The molecule has 0 radical (unpaired) electrons. The molecule has 0 bridgehead atoms. The maximum absolute atomic E-state index is 6.02. The number of benzene rings is 2. The number of nitrogens with two attached hydrogens (primary N) is 1. The van der Waals surface area contributed by atoms with Gasteiger partial charge >= 0.3 is 0 Å². The summed E-state index contributed by atoms with van der Waals surface area (Å²) >= 11 is 9.44. The summed E-state index contributed by atoms with van der Waals surface area (Å²) in [5.41, 5.74) is 9.68. The molecule has 18 heavy (non-hydrogen) atoms. The highest BCUT2D eigenvalue weighted by atomic mass is 79.9. The van der Waals surface area contributed by atoms with E-state index in [0.717, 1.165) is 22.3 Å². The van der Waals surface area contributed by atoms with Gasteiger partial charge in [0.1, 0.15) is 0 Å². The molecule has 0 spiro atoms. The second kappa shape index (κ2) is 5.63. The molecule has 0 unspecified atom stereocenters. The second-order valence-corrected chi connectivity index (χ2v) is 5.49. The number of hydrogen-bond donors (Lipinski definition) is 2. The molecule has 0 amide bonds. The average molecular weight is 326 g/mol. The molecule has 0 aromatic heterocycles. The molecule has 2 aromatic carbocycles. The smallest absolute Gasteiger partial charge is 0.0656 e. The third-order valence-electron chi connectivity index (χ3n) is 2.74. The van der Waals surface area contributed by atoms with Crippen LogP contribution in [0.15, 0.2) is 40.9 Å². The minimum absolute atomic E-state index is 0.582. The maximum Gasteiger partial charge on any atom is 0.0656 e. The van der Waals surface area contributed by atoms with Crippen LogP contribution in [0.1, 0.15) is 11.1 Å². The Morgan fingerprint density at radius 2 is 1.89 bits per heavy atom. The minimum atomic E-state index is 0.582. The number of aryl methyl sites for hydroxylation is 1. The van der Waals surface area contributed by atoms with Gasteiger partial charge < -0.3 is 11.1 Å². The van der Waals surface area contributed by atoms with Crippen LogP contribution in [0, 0.1) is 6.92 Å². The van der Waals surface area contributed by atoms with Crippen LogP contribution in [0.4, 0.5) is 11.4 Å². The monoisotopic (exact) mass is 324 g/mol. The lowest BCUT2D eigenvalue weighted by atomic mass is 10.1. The summed E-state index contributed by atoms with van der Waals surface area (Å²) in [5, 5.41) is 3.94. The normalized spacial score (nSPS) is 10.4. The van der Waals surface area contributed by atoms with Crippen molar-refractivity contribution in [3.05, 3.63) is 57.0 Å². The van der Waals surface area contributed by atoms with Gasteiger partial charge in [0.2, 0.25) is 0 Å². The third kappa shape index (κ3) is 3.18. The lowest BCUT2D eigenvalue weighted by molar-refractivity contribution is 1.14. The average Bonchev–Trinajstić information content (AvgIpc) is 2.34. The first-order valence-electron chi connectivity index (χ1n) is 5.60. The first-order chi connectivity index (χ1) is 8.56. The zero-order valence-corrected chi connectivity index (χ0v) is 12.3. The summed E-state index contributed by atoms with van der Waals surface area (Å²) in [6.45, 7) is 2.77. The maximum atomic E-state index is 6.02. The fourth-order valence-corrected chi connectivity index (χ4v) is 2.12. The van der Waals surface area contributed by atoms with Gasteiger partial charge in [0.15, 0.2) is 0 Å². The van der Waals surface area contributed by atoms with Crippen molar-refractivity contribution in [3.8, 4) is 0 Å². The third-order valence-corrected chi connectivity index (χ3v) is 3.60. The van der Waals surface area contributed by atoms with Gasteiger partial charge in [0.25, 0.3) is 0 Å². The zero-order chi connectivity index (χ0) is 13.1. The Bertz CT molecular complexity index is 552. The Hall–Kier alpha value is -1.19. The number of nitrogen functional groups attached to an aromatic ring is 1. The largest absolute Gasteiger partial charge is 0.398 e. The number of nitrogens with one attached hydrogen (secondary N) is 1. The van der Waals surface area contributed by atoms with E-state index in [-0.39, 0.29) is 0 Å². The molecule has 2 nitrogen and oxygen atoms in total. The standard InChI is InChI=1S/C14H14BrClN2/c1-9-6-13(17)12(16)7-14(9)18-8-10-2-4-11(15)5-3-10/h2-7,18H,8,17H2,1H3. The minimum Gasteiger partial charge on any atom is -0.398 e. The van der Waals surface area contributed by atoms with Crippen LogP contribution >= 0.6 is 27.5 Å². The zero-order valence-electron chi connectivity index (χ0n) is 10.0. The summed E-state index contributed by atoms with van der Waals surface area (Å²) < 4.78 is 1.08. The molecule has 0 fully saturated rings. The lowest BCUT2D eigenvalue weighted by Crippen LogP contribution is -2.01. The van der Waals surface area contributed by atoms with Crippen LogP contribution in [-0.2, 0) is 6.54 Å². The quantitative estimate of drug-likeness (QED) is 0.809. The van der Waals surface area contributed by atoms with Crippen molar-refractivity contribution in [3.63, 3.8) is 0 Å². The summed E-state index contributed by atoms with van der Waals surface area (Å²) in [6, 6.07) is 12.0. The van der Waals surface area contributed by atoms with Crippen LogP contribution in [0.25, 0.3) is 0 Å². The van der Waals surface area contributed by atoms with Gasteiger partial charge in [-0.25, -0.2) is 0 Å². The molecule has 0 aliphatic carbocycles. The van der Waals surface area contributed by atoms with E-state index in [2.05, 4.69) is 33.4 Å². The van der Waals surface area contributed by atoms with Crippen molar-refractivity contribution in [1.82, 2.24) is 0 Å². The lowest BCUT2D eigenvalue weighted by Gasteiger charge is -2.11.